The first-order valence-corrected chi connectivity index (χ1v) is 17.8. The van der Waals surface area contributed by atoms with Gasteiger partial charge in [0.05, 0.1) is 17.8 Å². The monoisotopic (exact) mass is 654 g/mol. The highest BCUT2D eigenvalue weighted by Crippen LogP contribution is 2.61. The van der Waals surface area contributed by atoms with E-state index in [-0.39, 0.29) is 22.3 Å². The van der Waals surface area contributed by atoms with Crippen molar-refractivity contribution in [1.29, 1.82) is 5.26 Å². The van der Waals surface area contributed by atoms with E-state index in [1.807, 2.05) is 30.3 Å². The summed E-state index contributed by atoms with van der Waals surface area (Å²) in [6.45, 7) is 16.7. The molecule has 2 unspecified atom stereocenters. The number of aliphatic imine (C=N–C) groups is 1. The molecule has 1 fully saturated rings. The Kier molecular flexibility index (Phi) is 8.46. The van der Waals surface area contributed by atoms with Crippen molar-refractivity contribution >= 4 is 17.9 Å². The highest BCUT2D eigenvalue weighted by atomic mass is 15.1. The zero-order chi connectivity index (χ0) is 35.4. The minimum absolute atomic E-state index is 0.134. The highest BCUT2D eigenvalue weighted by molar-refractivity contribution is 6.79. The summed E-state index contributed by atoms with van der Waals surface area (Å²) in [5, 5.41) is 13.5. The number of nitrogens with one attached hydrogen (secondary N) is 1. The summed E-state index contributed by atoms with van der Waals surface area (Å²) in [6, 6.07) is 43.0. The number of benzene rings is 5. The van der Waals surface area contributed by atoms with E-state index in [1.165, 1.54) is 38.8 Å². The molecule has 5 aromatic carbocycles. The molecular formula is C45H47BN4. The first-order chi connectivity index (χ1) is 23.8. The fraction of sp³-hybridized carbons (Fsp3) is 0.289. The molecule has 5 heteroatoms. The van der Waals surface area contributed by atoms with Crippen molar-refractivity contribution in [3.8, 4) is 28.3 Å². The molecule has 1 saturated heterocycles. The molecule has 0 amide bonds. The van der Waals surface area contributed by atoms with Crippen LogP contribution in [0.15, 0.2) is 120 Å². The van der Waals surface area contributed by atoms with Crippen LogP contribution in [0.2, 0.25) is 11.6 Å². The minimum Gasteiger partial charge on any atom is -0.312 e. The standard InChI is InChI=1S/C45H47BN4/c1-29(31-14-10-8-11-15-31)49-42(50-41(48)32-16-12-9-13-17-32)35-23-34(24-36(25-35)46-28-43(2,3)45(46,6)7)33-19-21-38-37-20-18-30(27-47)22-39(37)44(4,5)40(38)26-33/h8-26,41-42,50H,28,48H2,1-7H3/b49-29+. The average molecular weight is 655 g/mol. The van der Waals surface area contributed by atoms with Crippen molar-refractivity contribution in [2.24, 2.45) is 16.1 Å². The zero-order valence-corrected chi connectivity index (χ0v) is 30.4. The fourth-order valence-corrected chi connectivity index (χ4v) is 8.17. The summed E-state index contributed by atoms with van der Waals surface area (Å²) in [5.41, 5.74) is 20.4. The molecule has 250 valence electrons. The summed E-state index contributed by atoms with van der Waals surface area (Å²) >= 11 is 0. The number of fused-ring (bicyclic) bond motifs is 3. The molecule has 3 N–H and O–H groups in total. The molecule has 2 aliphatic rings. The Morgan fingerprint density at radius 2 is 1.40 bits per heavy atom. The Labute approximate surface area is 298 Å². The van der Waals surface area contributed by atoms with E-state index >= 15 is 0 Å². The lowest BCUT2D eigenvalue weighted by Crippen LogP contribution is -2.59. The second kappa shape index (κ2) is 12.5. The first-order valence-electron chi connectivity index (χ1n) is 17.8. The summed E-state index contributed by atoms with van der Waals surface area (Å²) < 4.78 is 0. The summed E-state index contributed by atoms with van der Waals surface area (Å²) in [5.74, 6) is 0. The Balaban J connectivity index is 1.37. The normalized spacial score (nSPS) is 18.0. The third-order valence-electron chi connectivity index (χ3n) is 12.2. The van der Waals surface area contributed by atoms with E-state index in [1.54, 1.807) is 0 Å². The summed E-state index contributed by atoms with van der Waals surface area (Å²) in [7, 11) is 0. The summed E-state index contributed by atoms with van der Waals surface area (Å²) in [6.07, 6.45) is 0.349. The number of hydrogen-bond acceptors (Lipinski definition) is 4. The van der Waals surface area contributed by atoms with E-state index in [0.717, 1.165) is 28.7 Å². The van der Waals surface area contributed by atoms with Crippen LogP contribution < -0.4 is 16.5 Å². The van der Waals surface area contributed by atoms with E-state index in [2.05, 4.69) is 145 Å². The topological polar surface area (TPSA) is 74.2 Å². The SMILES string of the molecule is C/C(=N\C(NC(N)c1ccccc1)c1cc(B2CC(C)(C)C2(C)C)cc(-c2ccc3c(c2)C(C)(C)c2cc(C#N)ccc2-3)c1)c1ccccc1. The van der Waals surface area contributed by atoms with Crippen molar-refractivity contribution in [2.75, 3.05) is 0 Å². The second-order valence-electron chi connectivity index (χ2n) is 16.0. The van der Waals surface area contributed by atoms with Crippen LogP contribution in [0.4, 0.5) is 0 Å². The number of nitrogens with zero attached hydrogens (tertiary/aromatic N) is 2. The second-order valence-corrected chi connectivity index (χ2v) is 16.0. The smallest absolute Gasteiger partial charge is 0.182 e. The fourth-order valence-electron chi connectivity index (χ4n) is 8.17. The van der Waals surface area contributed by atoms with E-state index in [4.69, 9.17) is 10.7 Å². The Morgan fingerprint density at radius 1 is 0.760 bits per heavy atom. The van der Waals surface area contributed by atoms with Crippen LogP contribution in [0.3, 0.4) is 0 Å². The molecule has 0 saturated carbocycles. The Hall–Kier alpha value is -4.76. The van der Waals surface area contributed by atoms with Gasteiger partial charge in [0.25, 0.3) is 0 Å². The molecule has 0 aromatic heterocycles. The Bertz CT molecular complexity index is 2140. The van der Waals surface area contributed by atoms with Gasteiger partial charge in [-0.3, -0.25) is 10.3 Å². The number of hydrogen-bond donors (Lipinski definition) is 2. The van der Waals surface area contributed by atoms with Gasteiger partial charge in [0.1, 0.15) is 6.17 Å². The van der Waals surface area contributed by atoms with Crippen LogP contribution >= 0.6 is 0 Å². The van der Waals surface area contributed by atoms with Crippen molar-refractivity contribution in [3.05, 3.63) is 149 Å². The first kappa shape index (κ1) is 33.7. The molecule has 4 nitrogen and oxygen atoms in total. The third-order valence-corrected chi connectivity index (χ3v) is 12.2. The van der Waals surface area contributed by atoms with Crippen molar-refractivity contribution < 1.29 is 0 Å². The van der Waals surface area contributed by atoms with Gasteiger partial charge in [-0.25, -0.2) is 0 Å². The van der Waals surface area contributed by atoms with Gasteiger partial charge in [-0.15, -0.1) is 0 Å². The van der Waals surface area contributed by atoms with Crippen molar-refractivity contribution in [2.45, 2.75) is 77.8 Å². The lowest BCUT2D eigenvalue weighted by molar-refractivity contribution is 0.242. The van der Waals surface area contributed by atoms with Crippen LogP contribution in [-0.2, 0) is 5.41 Å². The van der Waals surface area contributed by atoms with Crippen LogP contribution in [0, 0.1) is 16.7 Å². The van der Waals surface area contributed by atoms with Gasteiger partial charge in [-0.2, -0.15) is 5.26 Å². The van der Waals surface area contributed by atoms with Crippen LogP contribution in [0.5, 0.6) is 0 Å². The lowest BCUT2D eigenvalue weighted by atomic mass is 9.13. The molecule has 2 atom stereocenters. The predicted octanol–water partition coefficient (Wildman–Crippen LogP) is 9.81. The van der Waals surface area contributed by atoms with Gasteiger partial charge in [-0.05, 0) is 92.0 Å². The van der Waals surface area contributed by atoms with Crippen LogP contribution in [-0.4, -0.2) is 12.4 Å². The minimum atomic E-state index is -0.405. The van der Waals surface area contributed by atoms with Crippen molar-refractivity contribution in [1.82, 2.24) is 5.32 Å². The van der Waals surface area contributed by atoms with Crippen molar-refractivity contribution in [3.63, 3.8) is 0 Å². The lowest BCUT2D eigenvalue weighted by Gasteiger charge is -2.58. The maximum atomic E-state index is 9.65. The maximum Gasteiger partial charge on any atom is 0.182 e. The van der Waals surface area contributed by atoms with Gasteiger partial charge in [0, 0.05) is 11.1 Å². The van der Waals surface area contributed by atoms with Gasteiger partial charge in [0.15, 0.2) is 6.71 Å². The molecule has 0 bridgehead atoms. The van der Waals surface area contributed by atoms with Crippen LogP contribution in [0.1, 0.15) is 94.2 Å². The molecule has 1 heterocycles. The third kappa shape index (κ3) is 5.81. The zero-order valence-electron chi connectivity index (χ0n) is 30.4. The largest absolute Gasteiger partial charge is 0.312 e. The molecule has 7 rings (SSSR count). The summed E-state index contributed by atoms with van der Waals surface area (Å²) in [4.78, 5) is 5.35. The Morgan fingerprint density at radius 3 is 2.04 bits per heavy atom. The number of nitrogens with two attached hydrogens (primary N) is 1. The van der Waals surface area contributed by atoms with Gasteiger partial charge < -0.3 is 5.73 Å². The van der Waals surface area contributed by atoms with E-state index < -0.39 is 6.17 Å². The molecule has 5 aromatic rings. The van der Waals surface area contributed by atoms with Gasteiger partial charge in [0.2, 0.25) is 0 Å². The number of nitriles is 1. The number of rotatable bonds is 8. The predicted molar refractivity (Wildman–Crippen MR) is 210 cm³/mol. The van der Waals surface area contributed by atoms with E-state index in [0.29, 0.717) is 12.3 Å². The molecule has 0 spiro atoms. The maximum absolute atomic E-state index is 9.65. The van der Waals surface area contributed by atoms with Crippen LogP contribution in [0.25, 0.3) is 22.3 Å². The molecular weight excluding hydrogens is 607 g/mol. The molecule has 1 aliphatic heterocycles. The quantitative estimate of drug-likeness (QED) is 0.0994. The average Bonchev–Trinajstić information content (AvgIpc) is 3.35. The van der Waals surface area contributed by atoms with Gasteiger partial charge in [-0.1, -0.05) is 144 Å². The highest BCUT2D eigenvalue weighted by Gasteiger charge is 2.56. The molecule has 50 heavy (non-hydrogen) atoms. The molecule has 1 aliphatic carbocycles. The van der Waals surface area contributed by atoms with E-state index in [9.17, 15) is 5.26 Å². The van der Waals surface area contributed by atoms with Gasteiger partial charge >= 0.3 is 0 Å². The molecule has 0 radical (unpaired) electrons.